The van der Waals surface area contributed by atoms with Gasteiger partial charge in [0.1, 0.15) is 5.75 Å². The van der Waals surface area contributed by atoms with Crippen LogP contribution in [0.1, 0.15) is 37.7 Å². The summed E-state index contributed by atoms with van der Waals surface area (Å²) in [6, 6.07) is 9.73. The molecule has 0 aromatic heterocycles. The summed E-state index contributed by atoms with van der Waals surface area (Å²) in [6.45, 7) is 4.10. The highest BCUT2D eigenvalue weighted by molar-refractivity contribution is 8.03. The Labute approximate surface area is 163 Å². The van der Waals surface area contributed by atoms with Crippen LogP contribution in [0.3, 0.4) is 0 Å². The molecular formula is C20H23N3O3S. The van der Waals surface area contributed by atoms with Gasteiger partial charge in [0.25, 0.3) is 0 Å². The number of amides is 2. The third-order valence-corrected chi connectivity index (χ3v) is 5.75. The van der Waals surface area contributed by atoms with Gasteiger partial charge in [0, 0.05) is 25.4 Å². The van der Waals surface area contributed by atoms with E-state index in [-0.39, 0.29) is 29.9 Å². The first kappa shape index (κ1) is 19.3. The molecule has 2 amide bonds. The third-order valence-electron chi connectivity index (χ3n) is 4.75. The Morgan fingerprint density at radius 3 is 2.67 bits per heavy atom. The highest BCUT2D eigenvalue weighted by Crippen LogP contribution is 2.36. The molecule has 3 rings (SSSR count). The lowest BCUT2D eigenvalue weighted by molar-refractivity contribution is -0.127. The lowest BCUT2D eigenvalue weighted by Gasteiger charge is -2.25. The van der Waals surface area contributed by atoms with E-state index in [4.69, 9.17) is 4.74 Å². The van der Waals surface area contributed by atoms with E-state index in [0.717, 1.165) is 37.2 Å². The lowest BCUT2D eigenvalue weighted by Crippen LogP contribution is -2.33. The molecule has 1 N–H and O–H groups in total. The van der Waals surface area contributed by atoms with Crippen LogP contribution in [-0.4, -0.2) is 42.2 Å². The van der Waals surface area contributed by atoms with Gasteiger partial charge in [0.2, 0.25) is 11.8 Å². The highest BCUT2D eigenvalue weighted by atomic mass is 32.2. The number of benzene rings is 1. The first-order valence-corrected chi connectivity index (χ1v) is 10.2. The fourth-order valence-electron chi connectivity index (χ4n) is 3.37. The van der Waals surface area contributed by atoms with Crippen LogP contribution in [0.15, 0.2) is 34.9 Å². The number of carbonyl (C=O) groups is 2. The van der Waals surface area contributed by atoms with Gasteiger partial charge in [0.05, 0.1) is 29.0 Å². The molecule has 0 radical (unpaired) electrons. The summed E-state index contributed by atoms with van der Waals surface area (Å²) in [5.41, 5.74) is 1.41. The second-order valence-corrected chi connectivity index (χ2v) is 7.52. The second kappa shape index (κ2) is 8.96. The van der Waals surface area contributed by atoms with Crippen molar-refractivity contribution in [3.63, 3.8) is 0 Å². The molecule has 0 bridgehead atoms. The average molecular weight is 385 g/mol. The first-order valence-electron chi connectivity index (χ1n) is 9.19. The molecule has 1 aromatic rings. The van der Waals surface area contributed by atoms with Crippen LogP contribution in [0.4, 0.5) is 0 Å². The molecule has 0 spiro atoms. The molecule has 2 heterocycles. The monoisotopic (exact) mass is 385 g/mol. The van der Waals surface area contributed by atoms with Crippen molar-refractivity contribution in [2.75, 3.05) is 25.4 Å². The Morgan fingerprint density at radius 1 is 1.33 bits per heavy atom. The van der Waals surface area contributed by atoms with E-state index in [9.17, 15) is 14.9 Å². The van der Waals surface area contributed by atoms with Crippen molar-refractivity contribution in [2.24, 2.45) is 0 Å². The average Bonchev–Trinajstić information content (AvgIpc) is 3.21. The van der Waals surface area contributed by atoms with E-state index in [1.807, 2.05) is 36.1 Å². The Hall–Kier alpha value is -2.46. The molecular weight excluding hydrogens is 362 g/mol. The minimum atomic E-state index is -0.302. The summed E-state index contributed by atoms with van der Waals surface area (Å²) >= 11 is 1.25. The Kier molecular flexibility index (Phi) is 6.40. The topological polar surface area (TPSA) is 82.4 Å². The number of allylic oxidation sites excluding steroid dienone is 1. The quantitative estimate of drug-likeness (QED) is 0.814. The number of hydrogen-bond donors (Lipinski definition) is 1. The number of nitrogens with zero attached hydrogens (tertiary/aromatic N) is 2. The number of hydrogen-bond acceptors (Lipinski definition) is 5. The van der Waals surface area contributed by atoms with Crippen molar-refractivity contribution in [1.82, 2.24) is 10.2 Å². The van der Waals surface area contributed by atoms with Gasteiger partial charge in [-0.15, -0.1) is 0 Å². The molecule has 2 aliphatic heterocycles. The minimum Gasteiger partial charge on any atom is -0.494 e. The molecule has 1 fully saturated rings. The molecule has 0 saturated carbocycles. The maximum atomic E-state index is 12.3. The molecule has 1 aromatic carbocycles. The Balaban J connectivity index is 1.77. The normalized spacial score (nSPS) is 19.6. The fraction of sp³-hybridized carbons (Fsp3) is 0.450. The van der Waals surface area contributed by atoms with Gasteiger partial charge in [-0.1, -0.05) is 23.9 Å². The minimum absolute atomic E-state index is 0.0553. The van der Waals surface area contributed by atoms with Gasteiger partial charge in [-0.05, 0) is 37.5 Å². The van der Waals surface area contributed by atoms with Crippen LogP contribution in [-0.2, 0) is 9.59 Å². The number of nitriles is 1. The number of carbonyl (C=O) groups excluding carboxylic acids is 2. The Bertz CT molecular complexity index is 777. The van der Waals surface area contributed by atoms with E-state index in [2.05, 4.69) is 11.4 Å². The first-order chi connectivity index (χ1) is 13.1. The molecule has 1 atom stereocenters. The van der Waals surface area contributed by atoms with Crippen LogP contribution < -0.4 is 10.1 Å². The second-order valence-electron chi connectivity index (χ2n) is 6.54. The van der Waals surface area contributed by atoms with E-state index >= 15 is 0 Å². The van der Waals surface area contributed by atoms with E-state index in [1.54, 1.807) is 0 Å². The fourth-order valence-corrected chi connectivity index (χ4v) is 4.35. The smallest absolute Gasteiger partial charge is 0.232 e. The molecule has 0 aliphatic carbocycles. The predicted octanol–water partition coefficient (Wildman–Crippen LogP) is 2.78. The summed E-state index contributed by atoms with van der Waals surface area (Å²) in [6.07, 6.45) is 2.30. The lowest BCUT2D eigenvalue weighted by atomic mass is 9.87. The van der Waals surface area contributed by atoms with Gasteiger partial charge in [-0.2, -0.15) is 5.26 Å². The zero-order valence-electron chi connectivity index (χ0n) is 15.4. The molecule has 1 saturated heterocycles. The molecule has 142 valence electrons. The van der Waals surface area contributed by atoms with Crippen LogP contribution in [0.5, 0.6) is 5.75 Å². The molecule has 7 heteroatoms. The number of nitrogens with one attached hydrogen (secondary N) is 1. The van der Waals surface area contributed by atoms with Crippen LogP contribution in [0, 0.1) is 11.3 Å². The van der Waals surface area contributed by atoms with Crippen molar-refractivity contribution >= 4 is 23.6 Å². The number of thioether (sulfide) groups is 1. The maximum Gasteiger partial charge on any atom is 0.232 e. The van der Waals surface area contributed by atoms with Crippen LogP contribution in [0.25, 0.3) is 0 Å². The van der Waals surface area contributed by atoms with Crippen LogP contribution >= 0.6 is 11.8 Å². The van der Waals surface area contributed by atoms with Crippen molar-refractivity contribution in [3.05, 3.63) is 40.4 Å². The van der Waals surface area contributed by atoms with Gasteiger partial charge < -0.3 is 15.0 Å². The molecule has 27 heavy (non-hydrogen) atoms. The number of rotatable bonds is 6. The summed E-state index contributed by atoms with van der Waals surface area (Å²) < 4.78 is 5.45. The zero-order valence-corrected chi connectivity index (χ0v) is 16.2. The standard InChI is InChI=1S/C20H23N3O3S/c1-2-26-15-7-5-14(6-8-15)16-11-18(24)22-20(17(16)12-21)27-13-19(25)23-9-3-4-10-23/h5-8,16H,2-4,9-11,13H2,1H3,(H,22,24)/t16-/m1/s1. The highest BCUT2D eigenvalue weighted by Gasteiger charge is 2.30. The number of likely N-dealkylation sites (tertiary alicyclic amines) is 1. The summed E-state index contributed by atoms with van der Waals surface area (Å²) in [5.74, 6) is 0.610. The molecule has 0 unspecified atom stereocenters. The van der Waals surface area contributed by atoms with Gasteiger partial charge in [0.15, 0.2) is 0 Å². The third kappa shape index (κ3) is 4.64. The van der Waals surface area contributed by atoms with Crippen molar-refractivity contribution in [2.45, 2.75) is 32.1 Å². The predicted molar refractivity (Wildman–Crippen MR) is 104 cm³/mol. The van der Waals surface area contributed by atoms with E-state index in [0.29, 0.717) is 17.2 Å². The van der Waals surface area contributed by atoms with Crippen molar-refractivity contribution in [1.29, 1.82) is 5.26 Å². The summed E-state index contributed by atoms with van der Waals surface area (Å²) in [5, 5.41) is 13.0. The van der Waals surface area contributed by atoms with Crippen molar-refractivity contribution in [3.8, 4) is 11.8 Å². The number of ether oxygens (including phenoxy) is 1. The molecule has 6 nitrogen and oxygen atoms in total. The van der Waals surface area contributed by atoms with E-state index < -0.39 is 0 Å². The van der Waals surface area contributed by atoms with Crippen LogP contribution in [0.2, 0.25) is 0 Å². The van der Waals surface area contributed by atoms with Gasteiger partial charge in [-0.3, -0.25) is 9.59 Å². The van der Waals surface area contributed by atoms with E-state index in [1.165, 1.54) is 11.8 Å². The van der Waals surface area contributed by atoms with Crippen molar-refractivity contribution < 1.29 is 14.3 Å². The zero-order chi connectivity index (χ0) is 19.2. The van der Waals surface area contributed by atoms with Gasteiger partial charge >= 0.3 is 0 Å². The Morgan fingerprint density at radius 2 is 2.04 bits per heavy atom. The van der Waals surface area contributed by atoms with Gasteiger partial charge in [-0.25, -0.2) is 0 Å². The maximum absolute atomic E-state index is 12.3. The molecule has 2 aliphatic rings. The summed E-state index contributed by atoms with van der Waals surface area (Å²) in [4.78, 5) is 26.3. The SMILES string of the molecule is CCOc1ccc([C@H]2CC(=O)NC(SCC(=O)N3CCCC3)=C2C#N)cc1. The summed E-state index contributed by atoms with van der Waals surface area (Å²) in [7, 11) is 0. The largest absolute Gasteiger partial charge is 0.494 e.